The first-order valence-corrected chi connectivity index (χ1v) is 7.06. The Kier molecular flexibility index (Phi) is 8.48. The van der Waals surface area contributed by atoms with E-state index in [1.165, 1.54) is 0 Å². The van der Waals surface area contributed by atoms with Crippen molar-refractivity contribution in [1.82, 2.24) is 0 Å². The molecule has 1 unspecified atom stereocenters. The highest BCUT2D eigenvalue weighted by Crippen LogP contribution is 2.06. The molecule has 20 heavy (non-hydrogen) atoms. The molecule has 0 aliphatic rings. The van der Waals surface area contributed by atoms with Gasteiger partial charge >= 0.3 is 10.4 Å². The van der Waals surface area contributed by atoms with Crippen LogP contribution < -0.4 is 11.5 Å². The third-order valence-corrected chi connectivity index (χ3v) is 1.93. The van der Waals surface area contributed by atoms with Crippen LogP contribution in [0.2, 0.25) is 0 Å². The fourth-order valence-corrected chi connectivity index (χ4v) is 1.18. The molecule has 9 heteroatoms. The lowest BCUT2D eigenvalue weighted by Crippen LogP contribution is -2.26. The summed E-state index contributed by atoms with van der Waals surface area (Å²) < 4.78 is 37.1. The van der Waals surface area contributed by atoms with E-state index in [1.807, 2.05) is 37.3 Å². The van der Waals surface area contributed by atoms with Crippen molar-refractivity contribution in [3.05, 3.63) is 35.9 Å². The number of aliphatic imine (C=N–C) groups is 1. The first-order valence-electron chi connectivity index (χ1n) is 5.66. The standard InChI is InChI=1S/C11H17N3O.H2O4S/c1-2-10(14-11(12)13)15-8-9-6-4-3-5-7-9;1-5(2,3)4/h3-7,10H,2,8H2,1H3,(H4,12,13,14);(H2,1,2,3,4). The van der Waals surface area contributed by atoms with Gasteiger partial charge in [-0.3, -0.25) is 9.11 Å². The third-order valence-electron chi connectivity index (χ3n) is 1.93. The number of guanidine groups is 1. The number of hydrogen-bond donors (Lipinski definition) is 4. The minimum Gasteiger partial charge on any atom is -0.370 e. The lowest BCUT2D eigenvalue weighted by atomic mass is 10.2. The Labute approximate surface area is 118 Å². The summed E-state index contributed by atoms with van der Waals surface area (Å²) in [6, 6.07) is 9.92. The zero-order valence-corrected chi connectivity index (χ0v) is 11.8. The lowest BCUT2D eigenvalue weighted by molar-refractivity contribution is 0.0442. The first-order chi connectivity index (χ1) is 9.22. The molecule has 0 radical (unpaired) electrons. The van der Waals surface area contributed by atoms with E-state index < -0.39 is 10.4 Å². The molecule has 1 atom stereocenters. The molecule has 6 N–H and O–H groups in total. The Bertz CT molecular complexity index is 492. The largest absolute Gasteiger partial charge is 0.394 e. The summed E-state index contributed by atoms with van der Waals surface area (Å²) in [7, 11) is -4.67. The Balaban J connectivity index is 0.000000621. The molecule has 0 saturated carbocycles. The van der Waals surface area contributed by atoms with Crippen LogP contribution in [-0.2, 0) is 21.7 Å². The molecule has 0 aliphatic heterocycles. The molecular weight excluding hydrogens is 286 g/mol. The number of benzene rings is 1. The summed E-state index contributed by atoms with van der Waals surface area (Å²) in [5.74, 6) is 0.0647. The van der Waals surface area contributed by atoms with Crippen LogP contribution >= 0.6 is 0 Å². The number of nitrogens with two attached hydrogens (primary N) is 2. The normalized spacial score (nSPS) is 11.9. The summed E-state index contributed by atoms with van der Waals surface area (Å²) >= 11 is 0. The topological polar surface area (TPSA) is 148 Å². The van der Waals surface area contributed by atoms with Crippen molar-refractivity contribution in [3.8, 4) is 0 Å². The molecular formula is C11H19N3O5S. The predicted octanol–water partition coefficient (Wildman–Crippen LogP) is 0.560. The predicted molar refractivity (Wildman–Crippen MR) is 75.3 cm³/mol. The lowest BCUT2D eigenvalue weighted by Gasteiger charge is -2.11. The van der Waals surface area contributed by atoms with Crippen LogP contribution in [0.15, 0.2) is 35.3 Å². The summed E-state index contributed by atoms with van der Waals surface area (Å²) in [5.41, 5.74) is 11.7. The Morgan fingerprint density at radius 3 is 2.20 bits per heavy atom. The number of nitrogens with zero attached hydrogens (tertiary/aromatic N) is 1. The van der Waals surface area contributed by atoms with Gasteiger partial charge < -0.3 is 16.2 Å². The molecule has 0 saturated heterocycles. The summed E-state index contributed by atoms with van der Waals surface area (Å²) in [5, 5.41) is 0. The molecule has 0 amide bonds. The fourth-order valence-electron chi connectivity index (χ4n) is 1.18. The summed E-state index contributed by atoms with van der Waals surface area (Å²) in [6.45, 7) is 2.50. The van der Waals surface area contributed by atoms with Crippen LogP contribution in [0, 0.1) is 0 Å². The van der Waals surface area contributed by atoms with E-state index in [4.69, 9.17) is 33.7 Å². The highest BCUT2D eigenvalue weighted by molar-refractivity contribution is 7.79. The SMILES string of the molecule is CCC(N=C(N)N)OCc1ccccc1.O=S(=O)(O)O. The maximum Gasteiger partial charge on any atom is 0.394 e. The molecule has 0 heterocycles. The first kappa shape index (κ1) is 18.3. The van der Waals surface area contributed by atoms with Gasteiger partial charge in [0, 0.05) is 0 Å². The monoisotopic (exact) mass is 305 g/mol. The van der Waals surface area contributed by atoms with Crippen LogP contribution in [0.3, 0.4) is 0 Å². The zero-order chi connectivity index (χ0) is 15.6. The van der Waals surface area contributed by atoms with Crippen LogP contribution in [0.1, 0.15) is 18.9 Å². The number of rotatable bonds is 5. The molecule has 8 nitrogen and oxygen atoms in total. The van der Waals surface area contributed by atoms with Gasteiger partial charge in [0.05, 0.1) is 6.61 Å². The van der Waals surface area contributed by atoms with Crippen molar-refractivity contribution in [2.75, 3.05) is 0 Å². The van der Waals surface area contributed by atoms with E-state index in [2.05, 4.69) is 4.99 Å². The van der Waals surface area contributed by atoms with E-state index in [-0.39, 0.29) is 12.2 Å². The smallest absolute Gasteiger partial charge is 0.370 e. The van der Waals surface area contributed by atoms with Crippen LogP contribution in [0.4, 0.5) is 0 Å². The average molecular weight is 305 g/mol. The van der Waals surface area contributed by atoms with Gasteiger partial charge in [-0.1, -0.05) is 37.3 Å². The molecule has 0 spiro atoms. The van der Waals surface area contributed by atoms with Gasteiger partial charge in [-0.2, -0.15) is 8.42 Å². The van der Waals surface area contributed by atoms with Crippen molar-refractivity contribution >= 4 is 16.4 Å². The van der Waals surface area contributed by atoms with Gasteiger partial charge in [-0.05, 0) is 12.0 Å². The van der Waals surface area contributed by atoms with Gasteiger partial charge in [0.1, 0.15) is 0 Å². The van der Waals surface area contributed by atoms with Crippen molar-refractivity contribution in [1.29, 1.82) is 0 Å². The Hall–Kier alpha value is -1.68. The number of hydrogen-bond acceptors (Lipinski definition) is 4. The summed E-state index contributed by atoms with van der Waals surface area (Å²) in [6.07, 6.45) is 0.500. The molecule has 0 aliphatic carbocycles. The van der Waals surface area contributed by atoms with Crippen LogP contribution in [0.25, 0.3) is 0 Å². The van der Waals surface area contributed by atoms with E-state index in [0.717, 1.165) is 12.0 Å². The van der Waals surface area contributed by atoms with Gasteiger partial charge in [0.25, 0.3) is 0 Å². The van der Waals surface area contributed by atoms with Crippen LogP contribution in [-0.4, -0.2) is 29.7 Å². The molecule has 1 aromatic rings. The van der Waals surface area contributed by atoms with E-state index in [0.29, 0.717) is 6.61 Å². The van der Waals surface area contributed by atoms with Gasteiger partial charge in [-0.15, -0.1) is 0 Å². The maximum absolute atomic E-state index is 8.74. The molecule has 0 aromatic heterocycles. The quantitative estimate of drug-likeness (QED) is 0.353. The molecule has 1 rings (SSSR count). The average Bonchev–Trinajstić information content (AvgIpc) is 2.33. The highest BCUT2D eigenvalue weighted by atomic mass is 32.3. The zero-order valence-electron chi connectivity index (χ0n) is 11.0. The highest BCUT2D eigenvalue weighted by Gasteiger charge is 2.04. The minimum atomic E-state index is -4.67. The third kappa shape index (κ3) is 12.8. The molecule has 114 valence electrons. The van der Waals surface area contributed by atoms with Crippen molar-refractivity contribution in [3.63, 3.8) is 0 Å². The van der Waals surface area contributed by atoms with Crippen molar-refractivity contribution in [2.45, 2.75) is 26.2 Å². The van der Waals surface area contributed by atoms with Gasteiger partial charge in [0.2, 0.25) is 0 Å². The van der Waals surface area contributed by atoms with Crippen molar-refractivity contribution in [2.24, 2.45) is 16.5 Å². The Morgan fingerprint density at radius 1 is 1.30 bits per heavy atom. The molecule has 0 bridgehead atoms. The molecule has 0 fully saturated rings. The van der Waals surface area contributed by atoms with E-state index in [9.17, 15) is 0 Å². The minimum absolute atomic E-state index is 0.0647. The van der Waals surface area contributed by atoms with E-state index >= 15 is 0 Å². The van der Waals surface area contributed by atoms with Crippen LogP contribution in [0.5, 0.6) is 0 Å². The maximum atomic E-state index is 8.74. The summed E-state index contributed by atoms with van der Waals surface area (Å²) in [4.78, 5) is 3.96. The second-order valence-electron chi connectivity index (χ2n) is 3.66. The molecule has 1 aromatic carbocycles. The van der Waals surface area contributed by atoms with Gasteiger partial charge in [0.15, 0.2) is 12.2 Å². The van der Waals surface area contributed by atoms with Crippen molar-refractivity contribution < 1.29 is 22.3 Å². The van der Waals surface area contributed by atoms with E-state index in [1.54, 1.807) is 0 Å². The second kappa shape index (κ2) is 9.26. The second-order valence-corrected chi connectivity index (χ2v) is 4.56. The number of ether oxygens (including phenoxy) is 1. The fraction of sp³-hybridized carbons (Fsp3) is 0.364. The Morgan fingerprint density at radius 2 is 1.80 bits per heavy atom. The van der Waals surface area contributed by atoms with Gasteiger partial charge in [-0.25, -0.2) is 4.99 Å².